The summed E-state index contributed by atoms with van der Waals surface area (Å²) in [5.74, 6) is -0.269. The van der Waals surface area contributed by atoms with Gasteiger partial charge in [0.15, 0.2) is 0 Å². The average Bonchev–Trinajstić information content (AvgIpc) is 2.56. The second kappa shape index (κ2) is 17.4. The van der Waals surface area contributed by atoms with Crippen molar-refractivity contribution in [2.24, 2.45) is 0 Å². The van der Waals surface area contributed by atoms with Crippen LogP contribution in [0.25, 0.3) is 0 Å². The van der Waals surface area contributed by atoms with Crippen LogP contribution in [0.5, 0.6) is 0 Å². The lowest BCUT2D eigenvalue weighted by molar-refractivity contribution is -0.139. The van der Waals surface area contributed by atoms with Crippen LogP contribution in [-0.2, 0) is 9.53 Å². The first-order valence-electron chi connectivity index (χ1n) is 10.2. The van der Waals surface area contributed by atoms with Gasteiger partial charge in [0.05, 0.1) is 6.61 Å². The van der Waals surface area contributed by atoms with Crippen LogP contribution in [0, 0.1) is 0 Å². The molecular formula is C20H37Cl3O2Si. The van der Waals surface area contributed by atoms with Crippen LogP contribution in [0.3, 0.4) is 0 Å². The summed E-state index contributed by atoms with van der Waals surface area (Å²) >= 11 is 17.6. The van der Waals surface area contributed by atoms with E-state index in [0.717, 1.165) is 25.3 Å². The summed E-state index contributed by atoms with van der Waals surface area (Å²) in [6, 6.07) is -1.58. The van der Waals surface area contributed by atoms with E-state index in [1.54, 1.807) is 6.92 Å². The minimum absolute atomic E-state index is 0.269. The van der Waals surface area contributed by atoms with Crippen LogP contribution in [0.2, 0.25) is 6.04 Å². The fourth-order valence-corrected chi connectivity index (χ4v) is 4.69. The Labute approximate surface area is 176 Å². The van der Waals surface area contributed by atoms with Crippen LogP contribution in [0.1, 0.15) is 96.8 Å². The first kappa shape index (κ1) is 26.3. The minimum atomic E-state index is -2.38. The Morgan fingerprint density at radius 2 is 1.08 bits per heavy atom. The zero-order chi connectivity index (χ0) is 19.7. The van der Waals surface area contributed by atoms with Crippen molar-refractivity contribution in [2.75, 3.05) is 6.61 Å². The fraction of sp³-hybridized carbons (Fsp3) is 0.850. The topological polar surface area (TPSA) is 26.3 Å². The number of hydrogen-bond donors (Lipinski definition) is 0. The molecule has 0 amide bonds. The molecule has 0 saturated heterocycles. The molecule has 0 bridgehead atoms. The van der Waals surface area contributed by atoms with Gasteiger partial charge in [-0.3, -0.25) is 0 Å². The highest BCUT2D eigenvalue weighted by molar-refractivity contribution is 7.64. The molecule has 0 atom stereocenters. The third-order valence-corrected chi connectivity index (χ3v) is 7.06. The molecule has 0 aliphatic heterocycles. The molecule has 0 rings (SSSR count). The molecule has 2 nitrogen and oxygen atoms in total. The molecule has 0 aromatic heterocycles. The molecule has 154 valence electrons. The predicted octanol–water partition coefficient (Wildman–Crippen LogP) is 8.22. The van der Waals surface area contributed by atoms with Gasteiger partial charge in [-0.1, -0.05) is 90.0 Å². The normalized spacial score (nSPS) is 11.5. The molecule has 0 fully saturated rings. The van der Waals surface area contributed by atoms with Gasteiger partial charge < -0.3 is 4.74 Å². The van der Waals surface area contributed by atoms with Gasteiger partial charge in [0.2, 0.25) is 0 Å². The average molecular weight is 444 g/mol. The van der Waals surface area contributed by atoms with Gasteiger partial charge in [-0.15, -0.1) is 33.2 Å². The fourth-order valence-electron chi connectivity index (χ4n) is 2.84. The summed E-state index contributed by atoms with van der Waals surface area (Å²) in [5, 5.41) is 0. The summed E-state index contributed by atoms with van der Waals surface area (Å²) in [5.41, 5.74) is 0.478. The quantitative estimate of drug-likeness (QED) is 0.0700. The second-order valence-corrected chi connectivity index (χ2v) is 16.5. The van der Waals surface area contributed by atoms with Crippen molar-refractivity contribution in [1.82, 2.24) is 0 Å². The largest absolute Gasteiger partial charge is 0.462 e. The maximum atomic E-state index is 11.2. The van der Waals surface area contributed by atoms with Crippen molar-refractivity contribution in [3.05, 3.63) is 12.2 Å². The van der Waals surface area contributed by atoms with Crippen molar-refractivity contribution >= 4 is 45.2 Å². The SMILES string of the molecule is C=C(C)C(=O)OCCCCCCCCCCCCCCCC[Si](Cl)(Cl)Cl. The van der Waals surface area contributed by atoms with Crippen molar-refractivity contribution < 1.29 is 9.53 Å². The van der Waals surface area contributed by atoms with Crippen molar-refractivity contribution in [3.63, 3.8) is 0 Å². The van der Waals surface area contributed by atoms with Gasteiger partial charge in [-0.05, 0) is 19.4 Å². The molecular weight excluding hydrogens is 407 g/mol. The molecule has 0 aliphatic carbocycles. The highest BCUT2D eigenvalue weighted by atomic mass is 35.8. The van der Waals surface area contributed by atoms with Crippen molar-refractivity contribution in [2.45, 2.75) is 103 Å². The minimum Gasteiger partial charge on any atom is -0.462 e. The number of unbranched alkanes of at least 4 members (excludes halogenated alkanes) is 13. The van der Waals surface area contributed by atoms with Crippen LogP contribution in [0.4, 0.5) is 0 Å². The molecule has 26 heavy (non-hydrogen) atoms. The molecule has 0 unspecified atom stereocenters. The monoisotopic (exact) mass is 442 g/mol. The zero-order valence-corrected chi connectivity index (χ0v) is 19.7. The Bertz CT molecular complexity index is 371. The van der Waals surface area contributed by atoms with Crippen LogP contribution < -0.4 is 0 Å². The van der Waals surface area contributed by atoms with E-state index in [1.165, 1.54) is 70.6 Å². The van der Waals surface area contributed by atoms with E-state index < -0.39 is 6.00 Å². The lowest BCUT2D eigenvalue weighted by Gasteiger charge is -2.07. The Morgan fingerprint density at radius 3 is 1.42 bits per heavy atom. The molecule has 0 aromatic rings. The smallest absolute Gasteiger partial charge is 0.341 e. The van der Waals surface area contributed by atoms with E-state index in [1.807, 2.05) is 0 Å². The third-order valence-electron chi connectivity index (χ3n) is 4.44. The Morgan fingerprint density at radius 1 is 0.731 bits per heavy atom. The Balaban J connectivity index is 3.11. The van der Waals surface area contributed by atoms with E-state index in [2.05, 4.69) is 6.58 Å². The standard InChI is InChI=1S/C20H37Cl3O2Si/c1-19(2)20(24)25-17-15-13-11-9-7-5-3-4-6-8-10-12-14-16-18-26(21,22)23/h1,3-18H2,2H3. The zero-order valence-electron chi connectivity index (χ0n) is 16.5. The number of ether oxygens (including phenoxy) is 1. The van der Waals surface area contributed by atoms with Crippen LogP contribution >= 0.6 is 33.2 Å². The van der Waals surface area contributed by atoms with Gasteiger partial charge in [0, 0.05) is 5.57 Å². The number of hydrogen-bond acceptors (Lipinski definition) is 2. The molecule has 6 heteroatoms. The summed E-state index contributed by atoms with van der Waals surface area (Å²) in [6.45, 7) is 5.77. The van der Waals surface area contributed by atoms with E-state index in [-0.39, 0.29) is 5.97 Å². The van der Waals surface area contributed by atoms with Gasteiger partial charge >= 0.3 is 12.0 Å². The maximum absolute atomic E-state index is 11.2. The van der Waals surface area contributed by atoms with Crippen molar-refractivity contribution in [3.8, 4) is 0 Å². The Hall–Kier alpha value is 0.297. The van der Waals surface area contributed by atoms with Crippen LogP contribution in [0.15, 0.2) is 12.2 Å². The number of carbonyl (C=O) groups is 1. The number of esters is 1. The van der Waals surface area contributed by atoms with Crippen molar-refractivity contribution in [1.29, 1.82) is 0 Å². The summed E-state index contributed by atoms with van der Waals surface area (Å²) in [6.07, 6.45) is 17.6. The van der Waals surface area contributed by atoms with E-state index in [4.69, 9.17) is 38.0 Å². The van der Waals surface area contributed by atoms with E-state index in [9.17, 15) is 4.79 Å². The molecule has 0 spiro atoms. The molecule has 0 aromatic carbocycles. The van der Waals surface area contributed by atoms with Gasteiger partial charge in [0.1, 0.15) is 0 Å². The highest BCUT2D eigenvalue weighted by Crippen LogP contribution is 2.27. The summed E-state index contributed by atoms with van der Waals surface area (Å²) in [7, 11) is 0. The molecule has 0 aliphatic rings. The second-order valence-electron chi connectivity index (χ2n) is 7.23. The number of rotatable bonds is 18. The predicted molar refractivity (Wildman–Crippen MR) is 119 cm³/mol. The summed E-state index contributed by atoms with van der Waals surface area (Å²) in [4.78, 5) is 11.2. The van der Waals surface area contributed by atoms with Gasteiger partial charge in [-0.25, -0.2) is 4.79 Å². The molecule has 0 saturated carbocycles. The summed E-state index contributed by atoms with van der Waals surface area (Å²) < 4.78 is 5.08. The van der Waals surface area contributed by atoms with E-state index >= 15 is 0 Å². The van der Waals surface area contributed by atoms with E-state index in [0.29, 0.717) is 12.2 Å². The van der Waals surface area contributed by atoms with Gasteiger partial charge in [-0.2, -0.15) is 0 Å². The molecule has 0 heterocycles. The third kappa shape index (κ3) is 20.6. The first-order valence-corrected chi connectivity index (χ1v) is 15.5. The maximum Gasteiger partial charge on any atom is 0.341 e. The lowest BCUT2D eigenvalue weighted by atomic mass is 10.0. The molecule has 0 N–H and O–H groups in total. The number of halogens is 3. The van der Waals surface area contributed by atoms with Crippen LogP contribution in [-0.4, -0.2) is 18.6 Å². The highest BCUT2D eigenvalue weighted by Gasteiger charge is 2.23. The number of carbonyl (C=O) groups excluding carboxylic acids is 1. The molecule has 0 radical (unpaired) electrons. The Kier molecular flexibility index (Phi) is 17.6. The van der Waals surface area contributed by atoms with Gasteiger partial charge in [0.25, 0.3) is 0 Å². The lowest BCUT2D eigenvalue weighted by Crippen LogP contribution is -2.07. The first-order chi connectivity index (χ1) is 12.3.